The fourth-order valence-corrected chi connectivity index (χ4v) is 2.40. The predicted octanol–water partition coefficient (Wildman–Crippen LogP) is 3.15. The van der Waals surface area contributed by atoms with E-state index < -0.39 is 5.82 Å². The summed E-state index contributed by atoms with van der Waals surface area (Å²) in [5.41, 5.74) is 6.47. The number of thioether (sulfide) groups is 1. The van der Waals surface area contributed by atoms with Crippen molar-refractivity contribution in [1.29, 1.82) is 0 Å². The molecule has 110 valence electrons. The lowest BCUT2D eigenvalue weighted by Gasteiger charge is -2.07. The smallest absolute Gasteiger partial charge is 0.234 e. The van der Waals surface area contributed by atoms with Crippen molar-refractivity contribution in [1.82, 2.24) is 0 Å². The Morgan fingerprint density at radius 2 is 2.14 bits per heavy atom. The van der Waals surface area contributed by atoms with Crippen LogP contribution in [0.2, 0.25) is 0 Å². The summed E-state index contributed by atoms with van der Waals surface area (Å²) in [6.45, 7) is 0. The van der Waals surface area contributed by atoms with Crippen LogP contribution < -0.4 is 15.8 Å². The minimum absolute atomic E-state index is 0.109. The summed E-state index contributed by atoms with van der Waals surface area (Å²) in [5.74, 6) is 0.126. The van der Waals surface area contributed by atoms with Crippen molar-refractivity contribution in [3.63, 3.8) is 0 Å². The molecule has 0 atom stereocenters. The SMILES string of the molecule is COc1cccc(NC(=O)CSc2ccc(N)cc2F)c1. The number of carbonyl (C=O) groups excluding carboxylic acids is 1. The molecule has 0 aliphatic carbocycles. The molecule has 0 fully saturated rings. The second kappa shape index (κ2) is 6.99. The number of hydrogen-bond donors (Lipinski definition) is 2. The van der Waals surface area contributed by atoms with Crippen LogP contribution in [0.5, 0.6) is 5.75 Å². The van der Waals surface area contributed by atoms with Gasteiger partial charge >= 0.3 is 0 Å². The Labute approximate surface area is 126 Å². The second-order valence-corrected chi connectivity index (χ2v) is 5.28. The van der Waals surface area contributed by atoms with Gasteiger partial charge < -0.3 is 15.8 Å². The van der Waals surface area contributed by atoms with E-state index in [0.29, 0.717) is 22.0 Å². The Morgan fingerprint density at radius 3 is 2.86 bits per heavy atom. The zero-order valence-corrected chi connectivity index (χ0v) is 12.2. The van der Waals surface area contributed by atoms with Crippen LogP contribution in [-0.4, -0.2) is 18.8 Å². The number of methoxy groups -OCH3 is 1. The number of rotatable bonds is 5. The molecular formula is C15H15FN2O2S. The summed E-state index contributed by atoms with van der Waals surface area (Å²) < 4.78 is 18.7. The number of ether oxygens (including phenoxy) is 1. The molecule has 2 aromatic carbocycles. The van der Waals surface area contributed by atoms with Crippen molar-refractivity contribution in [2.24, 2.45) is 0 Å². The molecule has 0 heterocycles. The number of benzene rings is 2. The molecule has 0 saturated heterocycles. The van der Waals surface area contributed by atoms with Crippen LogP contribution in [0.1, 0.15) is 0 Å². The molecule has 0 spiro atoms. The zero-order chi connectivity index (χ0) is 15.2. The molecule has 0 aliphatic rings. The van der Waals surface area contributed by atoms with Crippen molar-refractivity contribution >= 4 is 29.0 Å². The highest BCUT2D eigenvalue weighted by Gasteiger charge is 2.08. The van der Waals surface area contributed by atoms with Crippen LogP contribution in [0.3, 0.4) is 0 Å². The molecule has 21 heavy (non-hydrogen) atoms. The molecule has 2 rings (SSSR count). The third kappa shape index (κ3) is 4.39. The van der Waals surface area contributed by atoms with Gasteiger partial charge in [-0.25, -0.2) is 4.39 Å². The van der Waals surface area contributed by atoms with Gasteiger partial charge in [0, 0.05) is 22.3 Å². The first kappa shape index (κ1) is 15.2. The fraction of sp³-hybridized carbons (Fsp3) is 0.133. The number of anilines is 2. The van der Waals surface area contributed by atoms with E-state index in [-0.39, 0.29) is 11.7 Å². The number of amides is 1. The summed E-state index contributed by atoms with van der Waals surface area (Å²) in [5, 5.41) is 2.73. The highest BCUT2D eigenvalue weighted by atomic mass is 32.2. The van der Waals surface area contributed by atoms with Gasteiger partial charge in [0.05, 0.1) is 12.9 Å². The van der Waals surface area contributed by atoms with E-state index >= 15 is 0 Å². The van der Waals surface area contributed by atoms with E-state index in [1.165, 1.54) is 6.07 Å². The molecule has 0 radical (unpaired) electrons. The van der Waals surface area contributed by atoms with Gasteiger partial charge in [-0.15, -0.1) is 11.8 Å². The first-order valence-electron chi connectivity index (χ1n) is 6.20. The fourth-order valence-electron chi connectivity index (χ4n) is 1.68. The Morgan fingerprint density at radius 1 is 1.33 bits per heavy atom. The maximum Gasteiger partial charge on any atom is 0.234 e. The van der Waals surface area contributed by atoms with Crippen LogP contribution >= 0.6 is 11.8 Å². The first-order chi connectivity index (χ1) is 10.1. The van der Waals surface area contributed by atoms with E-state index in [4.69, 9.17) is 10.5 Å². The van der Waals surface area contributed by atoms with Crippen molar-refractivity contribution in [2.75, 3.05) is 23.9 Å². The van der Waals surface area contributed by atoms with Crippen LogP contribution in [0, 0.1) is 5.82 Å². The van der Waals surface area contributed by atoms with Gasteiger partial charge in [0.2, 0.25) is 5.91 Å². The Kier molecular flexibility index (Phi) is 5.05. The van der Waals surface area contributed by atoms with E-state index in [9.17, 15) is 9.18 Å². The molecule has 0 saturated carbocycles. The third-order valence-corrected chi connectivity index (χ3v) is 3.72. The summed E-state index contributed by atoms with van der Waals surface area (Å²) >= 11 is 1.12. The molecule has 3 N–H and O–H groups in total. The minimum atomic E-state index is -0.422. The van der Waals surface area contributed by atoms with E-state index in [0.717, 1.165) is 11.8 Å². The Balaban J connectivity index is 1.92. The number of nitrogens with two attached hydrogens (primary N) is 1. The minimum Gasteiger partial charge on any atom is -0.497 e. The number of nitrogens with one attached hydrogen (secondary N) is 1. The van der Waals surface area contributed by atoms with Gasteiger partial charge in [0.15, 0.2) is 0 Å². The molecule has 0 bridgehead atoms. The third-order valence-electron chi connectivity index (χ3n) is 2.67. The van der Waals surface area contributed by atoms with E-state index in [1.807, 2.05) is 0 Å². The molecule has 0 aliphatic heterocycles. The molecule has 4 nitrogen and oxygen atoms in total. The van der Waals surface area contributed by atoms with Crippen LogP contribution in [0.25, 0.3) is 0 Å². The van der Waals surface area contributed by atoms with Gasteiger partial charge in [0.1, 0.15) is 11.6 Å². The Bertz CT molecular complexity index is 649. The standard InChI is InChI=1S/C15H15FN2O2S/c1-20-12-4-2-3-11(8-12)18-15(19)9-21-14-6-5-10(17)7-13(14)16/h2-8H,9,17H2,1H3,(H,18,19). The van der Waals surface area contributed by atoms with Crippen LogP contribution in [0.4, 0.5) is 15.8 Å². The number of halogens is 1. The predicted molar refractivity (Wildman–Crippen MR) is 83.2 cm³/mol. The lowest BCUT2D eigenvalue weighted by molar-refractivity contribution is -0.113. The number of carbonyl (C=O) groups is 1. The highest BCUT2D eigenvalue weighted by molar-refractivity contribution is 8.00. The molecule has 6 heteroatoms. The summed E-state index contributed by atoms with van der Waals surface area (Å²) in [6.07, 6.45) is 0. The molecule has 0 aromatic heterocycles. The van der Waals surface area contributed by atoms with E-state index in [2.05, 4.69) is 5.32 Å². The first-order valence-corrected chi connectivity index (χ1v) is 7.19. The topological polar surface area (TPSA) is 64.3 Å². The van der Waals surface area contributed by atoms with Crippen molar-refractivity contribution < 1.29 is 13.9 Å². The number of nitrogen functional groups attached to an aromatic ring is 1. The van der Waals surface area contributed by atoms with Crippen LogP contribution in [0.15, 0.2) is 47.4 Å². The lowest BCUT2D eigenvalue weighted by Crippen LogP contribution is -2.14. The van der Waals surface area contributed by atoms with Crippen molar-refractivity contribution in [3.05, 3.63) is 48.3 Å². The summed E-state index contributed by atoms with van der Waals surface area (Å²) in [4.78, 5) is 12.2. The molecule has 0 unspecified atom stereocenters. The monoisotopic (exact) mass is 306 g/mol. The van der Waals surface area contributed by atoms with Gasteiger partial charge in [-0.2, -0.15) is 0 Å². The Hall–Kier alpha value is -2.21. The van der Waals surface area contributed by atoms with Gasteiger partial charge in [-0.3, -0.25) is 4.79 Å². The maximum atomic E-state index is 13.6. The maximum absolute atomic E-state index is 13.6. The highest BCUT2D eigenvalue weighted by Crippen LogP contribution is 2.24. The average Bonchev–Trinajstić information content (AvgIpc) is 2.46. The average molecular weight is 306 g/mol. The molecular weight excluding hydrogens is 291 g/mol. The molecule has 1 amide bonds. The van der Waals surface area contributed by atoms with Crippen LogP contribution in [-0.2, 0) is 4.79 Å². The zero-order valence-electron chi connectivity index (χ0n) is 11.4. The lowest BCUT2D eigenvalue weighted by atomic mass is 10.3. The van der Waals surface area contributed by atoms with Gasteiger partial charge in [-0.1, -0.05) is 6.07 Å². The van der Waals surface area contributed by atoms with E-state index in [1.54, 1.807) is 43.5 Å². The van der Waals surface area contributed by atoms with Gasteiger partial charge in [-0.05, 0) is 30.3 Å². The second-order valence-electron chi connectivity index (χ2n) is 4.26. The van der Waals surface area contributed by atoms with Gasteiger partial charge in [0.25, 0.3) is 0 Å². The normalized spacial score (nSPS) is 10.2. The summed E-state index contributed by atoms with van der Waals surface area (Å²) in [7, 11) is 1.56. The van der Waals surface area contributed by atoms with Crippen molar-refractivity contribution in [3.8, 4) is 5.75 Å². The number of hydrogen-bond acceptors (Lipinski definition) is 4. The molecule has 2 aromatic rings. The summed E-state index contributed by atoms with van der Waals surface area (Å²) in [6, 6.07) is 11.4. The quantitative estimate of drug-likeness (QED) is 0.658. The largest absolute Gasteiger partial charge is 0.497 e. The van der Waals surface area contributed by atoms with Crippen molar-refractivity contribution in [2.45, 2.75) is 4.90 Å².